The van der Waals surface area contributed by atoms with Crippen molar-refractivity contribution in [1.29, 1.82) is 0 Å². The monoisotopic (exact) mass is 581 g/mol. The van der Waals surface area contributed by atoms with E-state index in [0.717, 1.165) is 66.1 Å². The van der Waals surface area contributed by atoms with Crippen molar-refractivity contribution in [1.82, 2.24) is 14.7 Å². The van der Waals surface area contributed by atoms with Crippen LogP contribution in [-0.2, 0) is 23.1 Å². The van der Waals surface area contributed by atoms with E-state index in [1.54, 1.807) is 16.8 Å². The number of amides is 3. The van der Waals surface area contributed by atoms with E-state index in [-0.39, 0.29) is 23.2 Å². The summed E-state index contributed by atoms with van der Waals surface area (Å²) in [6.07, 6.45) is 3.02. The number of rotatable bonds is 7. The third-order valence-corrected chi connectivity index (χ3v) is 7.94. The number of aromatic nitrogens is 2. The minimum atomic E-state index is -0.334. The first-order valence-electron chi connectivity index (χ1n) is 14.9. The van der Waals surface area contributed by atoms with Gasteiger partial charge in [0.2, 0.25) is 5.91 Å². The largest absolute Gasteiger partial charge is 0.342 e. The van der Waals surface area contributed by atoms with Crippen molar-refractivity contribution < 1.29 is 14.0 Å². The minimum absolute atomic E-state index is 0.0839. The lowest BCUT2D eigenvalue weighted by atomic mass is 9.90. The Morgan fingerprint density at radius 1 is 0.907 bits per heavy atom. The molecule has 3 aromatic carbocycles. The summed E-state index contributed by atoms with van der Waals surface area (Å²) in [4.78, 5) is 27.8. The standard InChI is InChI=1S/C35H40FN5O2/c1-24-8-14-30(15-9-24)41-32(23-31(39-41)35(2,3)4)38-34(43)37-29-7-5-6-27(21-29)20-26-16-18-40(19-17-26)33(42)22-25-10-12-28(36)13-11-25/h5-15,21,23,26H,16-20,22H2,1-4H3,(H2,37,38,43). The van der Waals surface area contributed by atoms with Gasteiger partial charge in [-0.05, 0) is 79.6 Å². The number of carbonyl (C=O) groups is 2. The van der Waals surface area contributed by atoms with Crippen LogP contribution in [-0.4, -0.2) is 39.7 Å². The zero-order valence-electron chi connectivity index (χ0n) is 25.4. The molecule has 1 aliphatic rings. The van der Waals surface area contributed by atoms with Crippen molar-refractivity contribution >= 4 is 23.4 Å². The van der Waals surface area contributed by atoms with Gasteiger partial charge < -0.3 is 10.2 Å². The first kappa shape index (κ1) is 30.0. The fourth-order valence-electron chi connectivity index (χ4n) is 5.38. The first-order chi connectivity index (χ1) is 20.5. The molecule has 4 aromatic rings. The van der Waals surface area contributed by atoms with Gasteiger partial charge >= 0.3 is 6.03 Å². The van der Waals surface area contributed by atoms with Crippen LogP contribution in [0.2, 0.25) is 0 Å². The Kier molecular flexibility index (Phi) is 8.94. The number of benzene rings is 3. The maximum Gasteiger partial charge on any atom is 0.324 e. The second-order valence-electron chi connectivity index (χ2n) is 12.5. The molecule has 3 amide bonds. The van der Waals surface area contributed by atoms with Gasteiger partial charge in [-0.3, -0.25) is 10.1 Å². The lowest BCUT2D eigenvalue weighted by Crippen LogP contribution is -2.39. The Labute approximate surface area is 253 Å². The molecule has 0 unspecified atom stereocenters. The molecule has 2 N–H and O–H groups in total. The molecule has 1 saturated heterocycles. The highest BCUT2D eigenvalue weighted by atomic mass is 19.1. The normalized spacial score (nSPS) is 14.0. The fourth-order valence-corrected chi connectivity index (χ4v) is 5.38. The molecular weight excluding hydrogens is 541 g/mol. The second-order valence-corrected chi connectivity index (χ2v) is 12.5. The van der Waals surface area contributed by atoms with Crippen LogP contribution < -0.4 is 10.6 Å². The predicted molar refractivity (Wildman–Crippen MR) is 169 cm³/mol. The predicted octanol–water partition coefficient (Wildman–Crippen LogP) is 7.29. The summed E-state index contributed by atoms with van der Waals surface area (Å²) < 4.78 is 14.9. The van der Waals surface area contributed by atoms with Crippen LogP contribution in [0.25, 0.3) is 5.69 Å². The highest BCUT2D eigenvalue weighted by Gasteiger charge is 2.24. The summed E-state index contributed by atoms with van der Waals surface area (Å²) in [5.74, 6) is 0.847. The molecule has 1 aliphatic heterocycles. The van der Waals surface area contributed by atoms with E-state index in [2.05, 4.69) is 37.5 Å². The number of hydrogen-bond donors (Lipinski definition) is 2. The van der Waals surface area contributed by atoms with Gasteiger partial charge in [0.1, 0.15) is 11.6 Å². The molecule has 224 valence electrons. The number of aryl methyl sites for hydroxylation is 1. The molecule has 0 atom stereocenters. The summed E-state index contributed by atoms with van der Waals surface area (Å²) in [5, 5.41) is 10.8. The molecule has 0 bridgehead atoms. The first-order valence-corrected chi connectivity index (χ1v) is 14.9. The van der Waals surface area contributed by atoms with Gasteiger partial charge in [0.05, 0.1) is 17.8 Å². The van der Waals surface area contributed by atoms with Gasteiger partial charge in [0.15, 0.2) is 0 Å². The molecule has 1 aromatic heterocycles. The van der Waals surface area contributed by atoms with Crippen molar-refractivity contribution in [2.45, 2.75) is 58.8 Å². The number of piperidine rings is 1. The molecular formula is C35H40FN5O2. The lowest BCUT2D eigenvalue weighted by molar-refractivity contribution is -0.131. The Hall–Kier alpha value is -4.46. The molecule has 0 aliphatic carbocycles. The van der Waals surface area contributed by atoms with Crippen LogP contribution in [0.3, 0.4) is 0 Å². The molecule has 8 heteroatoms. The number of urea groups is 1. The number of carbonyl (C=O) groups excluding carboxylic acids is 2. The maximum atomic E-state index is 13.2. The van der Waals surface area contributed by atoms with Crippen LogP contribution in [0.4, 0.5) is 20.7 Å². The third-order valence-electron chi connectivity index (χ3n) is 7.94. The van der Waals surface area contributed by atoms with Crippen LogP contribution in [0.1, 0.15) is 56.0 Å². The van der Waals surface area contributed by atoms with E-state index in [9.17, 15) is 14.0 Å². The van der Waals surface area contributed by atoms with E-state index in [0.29, 0.717) is 18.2 Å². The third kappa shape index (κ3) is 7.89. The smallest absolute Gasteiger partial charge is 0.324 e. The number of likely N-dealkylation sites (tertiary alicyclic amines) is 1. The van der Waals surface area contributed by atoms with Gasteiger partial charge in [-0.1, -0.05) is 62.7 Å². The summed E-state index contributed by atoms with van der Waals surface area (Å²) in [6, 6.07) is 23.7. The molecule has 43 heavy (non-hydrogen) atoms. The van der Waals surface area contributed by atoms with E-state index in [4.69, 9.17) is 5.10 Å². The molecule has 0 radical (unpaired) electrons. The van der Waals surface area contributed by atoms with Crippen LogP contribution in [0, 0.1) is 18.7 Å². The average Bonchev–Trinajstić information content (AvgIpc) is 3.39. The van der Waals surface area contributed by atoms with Crippen molar-refractivity contribution in [2.24, 2.45) is 5.92 Å². The molecule has 0 spiro atoms. The number of anilines is 2. The van der Waals surface area contributed by atoms with Crippen molar-refractivity contribution in [3.05, 3.63) is 107 Å². The summed E-state index contributed by atoms with van der Waals surface area (Å²) in [7, 11) is 0. The molecule has 1 fully saturated rings. The lowest BCUT2D eigenvalue weighted by Gasteiger charge is -2.32. The van der Waals surface area contributed by atoms with E-state index < -0.39 is 0 Å². The molecule has 0 saturated carbocycles. The Bertz CT molecular complexity index is 1560. The average molecular weight is 582 g/mol. The molecule has 7 nitrogen and oxygen atoms in total. The zero-order valence-corrected chi connectivity index (χ0v) is 25.4. The quantitative estimate of drug-likeness (QED) is 0.241. The SMILES string of the molecule is Cc1ccc(-n2nc(C(C)(C)C)cc2NC(=O)Nc2cccc(CC3CCN(C(=O)Cc4ccc(F)cc4)CC3)c2)cc1. The van der Waals surface area contributed by atoms with Crippen LogP contribution >= 0.6 is 0 Å². The summed E-state index contributed by atoms with van der Waals surface area (Å²) in [6.45, 7) is 9.77. The highest BCUT2D eigenvalue weighted by Crippen LogP contribution is 2.27. The topological polar surface area (TPSA) is 79.3 Å². The van der Waals surface area contributed by atoms with Gasteiger partial charge in [-0.2, -0.15) is 5.10 Å². The summed E-state index contributed by atoms with van der Waals surface area (Å²) >= 11 is 0. The zero-order chi connectivity index (χ0) is 30.6. The number of hydrogen-bond acceptors (Lipinski definition) is 3. The van der Waals surface area contributed by atoms with Gasteiger partial charge in [-0.15, -0.1) is 0 Å². The minimum Gasteiger partial charge on any atom is -0.342 e. The van der Waals surface area contributed by atoms with E-state index >= 15 is 0 Å². The van der Waals surface area contributed by atoms with Crippen LogP contribution in [0.5, 0.6) is 0 Å². The van der Waals surface area contributed by atoms with Gasteiger partial charge in [0, 0.05) is 30.3 Å². The van der Waals surface area contributed by atoms with Crippen molar-refractivity contribution in [3.8, 4) is 5.69 Å². The van der Waals surface area contributed by atoms with Crippen LogP contribution in [0.15, 0.2) is 78.9 Å². The van der Waals surface area contributed by atoms with Crippen molar-refractivity contribution in [3.63, 3.8) is 0 Å². The Balaban J connectivity index is 1.17. The second kappa shape index (κ2) is 12.8. The number of halogens is 1. The molecule has 2 heterocycles. The molecule has 5 rings (SSSR count). The van der Waals surface area contributed by atoms with Gasteiger partial charge in [-0.25, -0.2) is 13.9 Å². The number of nitrogens with one attached hydrogen (secondary N) is 2. The fraction of sp³-hybridized carbons (Fsp3) is 0.343. The van der Waals surface area contributed by atoms with Crippen molar-refractivity contribution in [2.75, 3.05) is 23.7 Å². The van der Waals surface area contributed by atoms with Gasteiger partial charge in [0.25, 0.3) is 0 Å². The highest BCUT2D eigenvalue weighted by molar-refractivity contribution is 5.99. The maximum absolute atomic E-state index is 13.2. The number of nitrogens with zero attached hydrogens (tertiary/aromatic N) is 3. The van der Waals surface area contributed by atoms with E-state index in [1.165, 1.54) is 12.1 Å². The van der Waals surface area contributed by atoms with E-state index in [1.807, 2.05) is 60.4 Å². The Morgan fingerprint density at radius 3 is 2.28 bits per heavy atom. The summed E-state index contributed by atoms with van der Waals surface area (Å²) in [5.41, 5.74) is 5.43. The Morgan fingerprint density at radius 2 is 1.60 bits per heavy atom.